The van der Waals surface area contributed by atoms with Crippen molar-refractivity contribution >= 4 is 18.3 Å². The highest BCUT2D eigenvalue weighted by atomic mass is 35.5. The fraction of sp³-hybridized carbons (Fsp3) is 0.520. The van der Waals surface area contributed by atoms with Crippen LogP contribution in [0.25, 0.3) is 0 Å². The van der Waals surface area contributed by atoms with Crippen LogP contribution in [0.2, 0.25) is 0 Å². The van der Waals surface area contributed by atoms with E-state index in [1.807, 2.05) is 19.2 Å². The van der Waals surface area contributed by atoms with Crippen LogP contribution in [-0.2, 0) is 10.3 Å². The van der Waals surface area contributed by atoms with E-state index in [1.54, 1.807) is 6.20 Å². The van der Waals surface area contributed by atoms with Gasteiger partial charge < -0.3 is 10.5 Å². The van der Waals surface area contributed by atoms with Crippen molar-refractivity contribution in [2.45, 2.75) is 49.7 Å². The molecule has 2 aliphatic carbocycles. The third kappa shape index (κ3) is 3.67. The number of piperidine rings is 1. The number of pyridine rings is 1. The van der Waals surface area contributed by atoms with Gasteiger partial charge in [-0.1, -0.05) is 36.8 Å². The molecule has 2 bridgehead atoms. The third-order valence-corrected chi connectivity index (χ3v) is 7.96. The van der Waals surface area contributed by atoms with Crippen LogP contribution in [0.4, 0.5) is 0 Å². The number of ether oxygens (including phenoxy) is 1. The van der Waals surface area contributed by atoms with Crippen LogP contribution < -0.4 is 5.73 Å². The summed E-state index contributed by atoms with van der Waals surface area (Å²) in [6, 6.07) is 15.5. The number of hydrogen-bond donors (Lipinski definition) is 1. The molecule has 1 amide bonds. The number of nitrogens with two attached hydrogens (primary N) is 1. The Morgan fingerprint density at radius 3 is 2.39 bits per heavy atom. The Kier molecular flexibility index (Phi) is 6.38. The fourth-order valence-corrected chi connectivity index (χ4v) is 6.48. The summed E-state index contributed by atoms with van der Waals surface area (Å²) in [6.07, 6.45) is 7.81. The van der Waals surface area contributed by atoms with Crippen molar-refractivity contribution in [3.05, 3.63) is 65.5 Å². The number of likely N-dealkylation sites (tertiary alicyclic amines) is 1. The smallest absolute Gasteiger partial charge is 0.267 e. The first kappa shape index (κ1) is 22.3. The second kappa shape index (κ2) is 8.89. The van der Waals surface area contributed by atoms with E-state index < -0.39 is 5.91 Å². The molecule has 0 radical (unpaired) electrons. The maximum Gasteiger partial charge on any atom is 0.267 e. The minimum absolute atomic E-state index is 0. The van der Waals surface area contributed by atoms with Crippen molar-refractivity contribution in [2.24, 2.45) is 17.6 Å². The molecule has 1 saturated heterocycles. The molecule has 2 heterocycles. The molecule has 2 N–H and O–H groups in total. The Balaban J connectivity index is 0.00000231. The summed E-state index contributed by atoms with van der Waals surface area (Å²) < 4.78 is 6.35. The van der Waals surface area contributed by atoms with Gasteiger partial charge in [-0.05, 0) is 54.9 Å². The minimum Gasteiger partial charge on any atom is -0.373 e. The lowest BCUT2D eigenvalue weighted by Gasteiger charge is -2.58. The van der Waals surface area contributed by atoms with Crippen molar-refractivity contribution in [2.75, 3.05) is 20.2 Å². The molecule has 0 spiro atoms. The molecular weight excluding hydrogens is 410 g/mol. The molecule has 1 unspecified atom stereocenters. The lowest BCUT2D eigenvalue weighted by molar-refractivity contribution is -0.179. The van der Waals surface area contributed by atoms with Gasteiger partial charge >= 0.3 is 0 Å². The van der Waals surface area contributed by atoms with E-state index >= 15 is 0 Å². The van der Waals surface area contributed by atoms with Gasteiger partial charge in [-0.15, -0.1) is 12.4 Å². The van der Waals surface area contributed by atoms with Crippen LogP contribution in [0, 0.1) is 11.8 Å². The fourth-order valence-electron chi connectivity index (χ4n) is 6.48. The highest BCUT2D eigenvalue weighted by Gasteiger charge is 2.55. The number of methoxy groups -OCH3 is 1. The molecule has 2 saturated carbocycles. The zero-order valence-electron chi connectivity index (χ0n) is 18.1. The lowest BCUT2D eigenvalue weighted by atomic mass is 9.61. The molecule has 31 heavy (non-hydrogen) atoms. The zero-order chi connectivity index (χ0) is 20.7. The molecule has 5 rings (SSSR count). The molecule has 166 valence electrons. The maximum absolute atomic E-state index is 11.7. The van der Waals surface area contributed by atoms with Crippen LogP contribution in [0.15, 0.2) is 48.7 Å². The molecule has 2 aromatic rings. The average molecular weight is 442 g/mol. The number of aromatic nitrogens is 1. The predicted molar refractivity (Wildman–Crippen MR) is 123 cm³/mol. The molecule has 5 nitrogen and oxygen atoms in total. The molecule has 3 fully saturated rings. The number of halogens is 1. The maximum atomic E-state index is 11.7. The lowest BCUT2D eigenvalue weighted by Crippen LogP contribution is -2.62. The molecular formula is C25H32ClN3O2. The number of hydrogen-bond acceptors (Lipinski definition) is 4. The first-order chi connectivity index (χ1) is 14.6. The summed E-state index contributed by atoms with van der Waals surface area (Å²) in [7, 11) is 1.83. The predicted octanol–water partition coefficient (Wildman–Crippen LogP) is 4.12. The van der Waals surface area contributed by atoms with Crippen LogP contribution in [0.5, 0.6) is 0 Å². The summed E-state index contributed by atoms with van der Waals surface area (Å²) in [5, 5.41) is 0. The van der Waals surface area contributed by atoms with E-state index in [9.17, 15) is 4.79 Å². The minimum atomic E-state index is -0.481. The first-order valence-corrected chi connectivity index (χ1v) is 11.2. The van der Waals surface area contributed by atoms with Crippen LogP contribution in [0.1, 0.15) is 59.6 Å². The van der Waals surface area contributed by atoms with Gasteiger partial charge in [-0.3, -0.25) is 14.7 Å². The Bertz CT molecular complexity index is 908. The highest BCUT2D eigenvalue weighted by Crippen LogP contribution is 2.53. The molecule has 1 aliphatic heterocycles. The topological polar surface area (TPSA) is 68.5 Å². The Morgan fingerprint density at radius 2 is 1.81 bits per heavy atom. The second-order valence-electron chi connectivity index (χ2n) is 9.23. The number of fused-ring (bicyclic) bond motifs is 2. The van der Waals surface area contributed by atoms with Gasteiger partial charge in [0, 0.05) is 44.3 Å². The summed E-state index contributed by atoms with van der Waals surface area (Å²) in [6.45, 7) is 2.10. The highest BCUT2D eigenvalue weighted by molar-refractivity contribution is 5.90. The summed E-state index contributed by atoms with van der Waals surface area (Å²) in [4.78, 5) is 18.6. The molecule has 3 aliphatic rings. The Hall–Kier alpha value is -1.95. The first-order valence-electron chi connectivity index (χ1n) is 11.2. The van der Waals surface area contributed by atoms with E-state index in [1.165, 1.54) is 24.8 Å². The number of rotatable bonds is 5. The van der Waals surface area contributed by atoms with E-state index in [4.69, 9.17) is 10.5 Å². The Labute approximate surface area is 190 Å². The number of primary amides is 1. The number of carbonyl (C=O) groups excluding carboxylic acids is 1. The van der Waals surface area contributed by atoms with Crippen LogP contribution in [0.3, 0.4) is 0 Å². The van der Waals surface area contributed by atoms with E-state index in [-0.39, 0.29) is 18.0 Å². The summed E-state index contributed by atoms with van der Waals surface area (Å²) in [5.74, 6) is 0.987. The van der Waals surface area contributed by atoms with Crippen molar-refractivity contribution < 1.29 is 9.53 Å². The monoisotopic (exact) mass is 441 g/mol. The number of benzene rings is 1. The van der Waals surface area contributed by atoms with Crippen LogP contribution >= 0.6 is 12.4 Å². The van der Waals surface area contributed by atoms with Gasteiger partial charge in [0.15, 0.2) is 0 Å². The largest absolute Gasteiger partial charge is 0.373 e. The Morgan fingerprint density at radius 1 is 1.10 bits per heavy atom. The number of amides is 1. The van der Waals surface area contributed by atoms with Gasteiger partial charge in [0.2, 0.25) is 0 Å². The standard InChI is InChI=1S/C25H31N3O2.ClH/c1-30-25(18-12-13-27-22(14-18)24(26)29)19-8-5-9-20(25)16-28(15-19)23-11-10-21(23)17-6-3-2-4-7-17;/h2-4,6-7,12-14,19-21,23H,5,8-11,15-16H2,1H3,(H2,26,29);1H/t19-,20+,21-,23-,25?;/m1./s1. The zero-order valence-corrected chi connectivity index (χ0v) is 18.9. The van der Waals surface area contributed by atoms with E-state index in [2.05, 4.69) is 40.2 Å². The molecule has 6 heteroatoms. The van der Waals surface area contributed by atoms with Crippen LogP contribution in [-0.4, -0.2) is 42.0 Å². The molecule has 1 aromatic heterocycles. The summed E-state index contributed by atoms with van der Waals surface area (Å²) in [5.41, 5.74) is 8.03. The third-order valence-electron chi connectivity index (χ3n) is 7.96. The average Bonchev–Trinajstić information content (AvgIpc) is 2.73. The summed E-state index contributed by atoms with van der Waals surface area (Å²) >= 11 is 0. The van der Waals surface area contributed by atoms with Crippen molar-refractivity contribution in [1.29, 1.82) is 0 Å². The van der Waals surface area contributed by atoms with Gasteiger partial charge in [-0.2, -0.15) is 0 Å². The van der Waals surface area contributed by atoms with Crippen molar-refractivity contribution in [1.82, 2.24) is 9.88 Å². The normalized spacial score (nSPS) is 32.5. The van der Waals surface area contributed by atoms with Gasteiger partial charge in [0.05, 0.1) is 0 Å². The number of nitrogens with zero attached hydrogens (tertiary/aromatic N) is 2. The van der Waals surface area contributed by atoms with Crippen molar-refractivity contribution in [3.8, 4) is 0 Å². The second-order valence-corrected chi connectivity index (χ2v) is 9.23. The van der Waals surface area contributed by atoms with Gasteiger partial charge in [0.1, 0.15) is 11.3 Å². The van der Waals surface area contributed by atoms with E-state index in [0.717, 1.165) is 31.5 Å². The quantitative estimate of drug-likeness (QED) is 0.757. The number of carbonyl (C=O) groups is 1. The molecule has 1 aromatic carbocycles. The molecule has 5 atom stereocenters. The van der Waals surface area contributed by atoms with Gasteiger partial charge in [-0.25, -0.2) is 0 Å². The van der Waals surface area contributed by atoms with Crippen molar-refractivity contribution in [3.63, 3.8) is 0 Å². The van der Waals surface area contributed by atoms with E-state index in [0.29, 0.717) is 29.5 Å². The van der Waals surface area contributed by atoms with Gasteiger partial charge in [0.25, 0.3) is 5.91 Å². The SMILES string of the molecule is COC1(c2ccnc(C(N)=O)c2)[C@@H]2CCC[C@H]1CN([C@@H]1CC[C@@H]1c1ccccc1)C2.Cl.